The van der Waals surface area contributed by atoms with E-state index in [1.807, 2.05) is 30.3 Å². The van der Waals surface area contributed by atoms with E-state index >= 15 is 0 Å². The molecule has 0 atom stereocenters. The van der Waals surface area contributed by atoms with Crippen molar-refractivity contribution < 1.29 is 14.3 Å². The van der Waals surface area contributed by atoms with E-state index in [1.54, 1.807) is 13.0 Å². The molecule has 0 saturated heterocycles. The SMILES string of the molecule is COC(=O)c1sc2nc(/C=C/c3ccc(OCCC(C)C)cc3)[nH]c(=O)c2c1C. The Morgan fingerprint density at radius 1 is 1.24 bits per heavy atom. The lowest BCUT2D eigenvalue weighted by atomic mass is 10.1. The maximum Gasteiger partial charge on any atom is 0.348 e. The van der Waals surface area contributed by atoms with Gasteiger partial charge < -0.3 is 14.5 Å². The molecular weight excluding hydrogens is 388 g/mol. The summed E-state index contributed by atoms with van der Waals surface area (Å²) in [6.45, 7) is 6.76. The van der Waals surface area contributed by atoms with Gasteiger partial charge in [0.05, 0.1) is 19.1 Å². The van der Waals surface area contributed by atoms with Crippen molar-refractivity contribution in [2.75, 3.05) is 13.7 Å². The Morgan fingerprint density at radius 2 is 1.97 bits per heavy atom. The van der Waals surface area contributed by atoms with Gasteiger partial charge in [-0.3, -0.25) is 4.79 Å². The number of benzene rings is 1. The Hall–Kier alpha value is -2.93. The van der Waals surface area contributed by atoms with Crippen molar-refractivity contribution in [3.8, 4) is 5.75 Å². The van der Waals surface area contributed by atoms with Crippen molar-refractivity contribution in [3.05, 3.63) is 56.4 Å². The first-order chi connectivity index (χ1) is 13.9. The number of nitrogens with one attached hydrogen (secondary N) is 1. The van der Waals surface area contributed by atoms with Crippen molar-refractivity contribution >= 4 is 39.7 Å². The van der Waals surface area contributed by atoms with E-state index in [0.717, 1.165) is 29.1 Å². The minimum atomic E-state index is -0.460. The van der Waals surface area contributed by atoms with Crippen LogP contribution in [0.15, 0.2) is 29.1 Å². The fourth-order valence-electron chi connectivity index (χ4n) is 2.79. The number of carbonyl (C=O) groups is 1. The highest BCUT2D eigenvalue weighted by Crippen LogP contribution is 2.27. The minimum absolute atomic E-state index is 0.271. The molecule has 0 radical (unpaired) electrons. The molecule has 2 heterocycles. The van der Waals surface area contributed by atoms with Gasteiger partial charge in [0.1, 0.15) is 21.3 Å². The number of hydrogen-bond donors (Lipinski definition) is 1. The summed E-state index contributed by atoms with van der Waals surface area (Å²) in [4.78, 5) is 32.5. The molecule has 6 nitrogen and oxygen atoms in total. The summed E-state index contributed by atoms with van der Waals surface area (Å²) >= 11 is 1.16. The molecule has 2 aromatic heterocycles. The van der Waals surface area contributed by atoms with Crippen LogP contribution in [0.25, 0.3) is 22.4 Å². The number of fused-ring (bicyclic) bond motifs is 1. The third kappa shape index (κ3) is 4.92. The second kappa shape index (κ2) is 9.05. The highest BCUT2D eigenvalue weighted by Gasteiger charge is 2.19. The lowest BCUT2D eigenvalue weighted by Crippen LogP contribution is -2.09. The van der Waals surface area contributed by atoms with Gasteiger partial charge in [-0.05, 0) is 48.6 Å². The number of carbonyl (C=O) groups excluding carboxylic acids is 1. The van der Waals surface area contributed by atoms with Gasteiger partial charge >= 0.3 is 5.97 Å². The van der Waals surface area contributed by atoms with Crippen molar-refractivity contribution in [2.24, 2.45) is 5.92 Å². The number of hydrogen-bond acceptors (Lipinski definition) is 6. The molecular formula is C22H24N2O4S. The van der Waals surface area contributed by atoms with Crippen LogP contribution in [-0.4, -0.2) is 29.7 Å². The van der Waals surface area contributed by atoms with E-state index < -0.39 is 5.97 Å². The zero-order chi connectivity index (χ0) is 21.0. The zero-order valence-corrected chi connectivity index (χ0v) is 17.8. The van der Waals surface area contributed by atoms with Gasteiger partial charge in [-0.25, -0.2) is 9.78 Å². The van der Waals surface area contributed by atoms with Crippen LogP contribution in [0.4, 0.5) is 0 Å². The number of aryl methyl sites for hydroxylation is 1. The molecule has 0 aliphatic carbocycles. The summed E-state index contributed by atoms with van der Waals surface area (Å²) in [6, 6.07) is 7.74. The number of aromatic amines is 1. The van der Waals surface area contributed by atoms with Crippen LogP contribution in [0.3, 0.4) is 0 Å². The Bertz CT molecular complexity index is 1090. The lowest BCUT2D eigenvalue weighted by molar-refractivity contribution is 0.0605. The van der Waals surface area contributed by atoms with Crippen LogP contribution < -0.4 is 10.3 Å². The van der Waals surface area contributed by atoms with Gasteiger partial charge in [0.15, 0.2) is 0 Å². The normalized spacial score (nSPS) is 11.5. The molecule has 3 rings (SSSR count). The van der Waals surface area contributed by atoms with Gasteiger partial charge in [0.2, 0.25) is 0 Å². The number of rotatable bonds is 7. The second-order valence-corrected chi connectivity index (χ2v) is 8.11. The van der Waals surface area contributed by atoms with E-state index in [4.69, 9.17) is 9.47 Å². The summed E-state index contributed by atoms with van der Waals surface area (Å²) in [5, 5.41) is 0.426. The van der Waals surface area contributed by atoms with Crippen LogP contribution in [0, 0.1) is 12.8 Å². The minimum Gasteiger partial charge on any atom is -0.494 e. The van der Waals surface area contributed by atoms with E-state index in [2.05, 4.69) is 23.8 Å². The average molecular weight is 413 g/mol. The maximum atomic E-state index is 12.5. The van der Waals surface area contributed by atoms with Crippen LogP contribution in [0.5, 0.6) is 5.75 Å². The summed E-state index contributed by atoms with van der Waals surface area (Å²) in [5.74, 6) is 1.41. The smallest absolute Gasteiger partial charge is 0.348 e. The molecule has 0 unspecified atom stereocenters. The predicted octanol–water partition coefficient (Wildman–Crippen LogP) is 4.67. The number of thiophene rings is 1. The topological polar surface area (TPSA) is 81.3 Å². The Kier molecular flexibility index (Phi) is 6.49. The Labute approximate surface area is 173 Å². The summed E-state index contributed by atoms with van der Waals surface area (Å²) < 4.78 is 10.5. The van der Waals surface area contributed by atoms with Crippen LogP contribution in [0.2, 0.25) is 0 Å². The predicted molar refractivity (Wildman–Crippen MR) is 117 cm³/mol. The monoisotopic (exact) mass is 412 g/mol. The molecule has 0 spiro atoms. The Morgan fingerprint density at radius 3 is 2.62 bits per heavy atom. The summed E-state index contributed by atoms with van der Waals surface area (Å²) in [6.07, 6.45) is 4.62. The van der Waals surface area contributed by atoms with Crippen molar-refractivity contribution in [1.82, 2.24) is 9.97 Å². The average Bonchev–Trinajstić information content (AvgIpc) is 3.03. The first kappa shape index (κ1) is 20.8. The molecule has 3 aromatic rings. The van der Waals surface area contributed by atoms with Gasteiger partial charge in [-0.15, -0.1) is 11.3 Å². The van der Waals surface area contributed by atoms with E-state index in [-0.39, 0.29) is 5.56 Å². The molecule has 152 valence electrons. The van der Waals surface area contributed by atoms with E-state index in [0.29, 0.717) is 39.0 Å². The molecule has 0 aliphatic heterocycles. The van der Waals surface area contributed by atoms with Crippen molar-refractivity contribution in [1.29, 1.82) is 0 Å². The number of H-pyrrole nitrogens is 1. The molecule has 1 N–H and O–H groups in total. The molecule has 0 bridgehead atoms. The lowest BCUT2D eigenvalue weighted by Gasteiger charge is -2.08. The fraction of sp³-hybridized carbons (Fsp3) is 0.318. The molecule has 0 aliphatic rings. The van der Waals surface area contributed by atoms with Crippen LogP contribution in [-0.2, 0) is 4.74 Å². The first-order valence-electron chi connectivity index (χ1n) is 9.41. The highest BCUT2D eigenvalue weighted by atomic mass is 32.1. The molecule has 29 heavy (non-hydrogen) atoms. The van der Waals surface area contributed by atoms with Gasteiger partial charge in [0.25, 0.3) is 5.56 Å². The molecule has 7 heteroatoms. The van der Waals surface area contributed by atoms with Crippen LogP contribution >= 0.6 is 11.3 Å². The number of esters is 1. The van der Waals surface area contributed by atoms with Gasteiger partial charge in [0, 0.05) is 0 Å². The molecule has 0 amide bonds. The molecule has 1 aromatic carbocycles. The maximum absolute atomic E-state index is 12.5. The van der Waals surface area contributed by atoms with E-state index in [1.165, 1.54) is 7.11 Å². The first-order valence-corrected chi connectivity index (χ1v) is 10.2. The summed E-state index contributed by atoms with van der Waals surface area (Å²) in [7, 11) is 1.32. The fourth-order valence-corrected chi connectivity index (χ4v) is 3.90. The quantitative estimate of drug-likeness (QED) is 0.570. The second-order valence-electron chi connectivity index (χ2n) is 7.11. The van der Waals surface area contributed by atoms with E-state index in [9.17, 15) is 9.59 Å². The van der Waals surface area contributed by atoms with Crippen LogP contribution in [0.1, 0.15) is 46.9 Å². The third-order valence-electron chi connectivity index (χ3n) is 4.47. The van der Waals surface area contributed by atoms with Gasteiger partial charge in [-0.1, -0.05) is 32.1 Å². The van der Waals surface area contributed by atoms with Crippen molar-refractivity contribution in [2.45, 2.75) is 27.2 Å². The number of nitrogens with zero attached hydrogens (tertiary/aromatic N) is 1. The highest BCUT2D eigenvalue weighted by molar-refractivity contribution is 7.20. The standard InChI is InChI=1S/C22H24N2O4S/c1-13(2)11-12-28-16-8-5-15(6-9-16)7-10-17-23-20(25)18-14(3)19(22(26)27-4)29-21(18)24-17/h5-10,13H,11-12H2,1-4H3,(H,23,24,25)/b10-7+. The van der Waals surface area contributed by atoms with Gasteiger partial charge in [-0.2, -0.15) is 0 Å². The zero-order valence-electron chi connectivity index (χ0n) is 16.9. The third-order valence-corrected chi connectivity index (χ3v) is 5.63. The molecule has 0 saturated carbocycles. The van der Waals surface area contributed by atoms with Crippen molar-refractivity contribution in [3.63, 3.8) is 0 Å². The number of ether oxygens (including phenoxy) is 2. The molecule has 0 fully saturated rings. The summed E-state index contributed by atoms with van der Waals surface area (Å²) in [5.41, 5.74) is 1.28. The number of aromatic nitrogens is 2. The number of methoxy groups -OCH3 is 1. The Balaban J connectivity index is 1.78. The largest absolute Gasteiger partial charge is 0.494 e.